The molecule has 1 aromatic carbocycles. The van der Waals surface area contributed by atoms with Gasteiger partial charge in [0.15, 0.2) is 0 Å². The highest BCUT2D eigenvalue weighted by molar-refractivity contribution is 5.89. The highest BCUT2D eigenvalue weighted by atomic mass is 19.1. The number of benzene rings is 1. The fraction of sp³-hybridized carbons (Fsp3) is 0.250. The summed E-state index contributed by atoms with van der Waals surface area (Å²) in [6.45, 7) is 0.791. The Balaban J connectivity index is 1.73. The quantitative estimate of drug-likeness (QED) is 0.839. The van der Waals surface area contributed by atoms with E-state index in [1.807, 2.05) is 0 Å². The average molecular weight is 262 g/mol. The van der Waals surface area contributed by atoms with E-state index in [1.165, 1.54) is 17.0 Å². The number of aromatic nitrogens is 3. The number of hydrogen-bond donors (Lipinski definition) is 0. The van der Waals surface area contributed by atoms with Gasteiger partial charge < -0.3 is 4.74 Å². The first-order valence-corrected chi connectivity index (χ1v) is 5.80. The molecule has 6 nitrogen and oxygen atoms in total. The molecule has 1 fully saturated rings. The molecule has 0 unspecified atom stereocenters. The van der Waals surface area contributed by atoms with Crippen molar-refractivity contribution in [3.8, 4) is 0 Å². The lowest BCUT2D eigenvalue weighted by molar-refractivity contribution is 0.129. The van der Waals surface area contributed by atoms with Crippen LogP contribution in [0.15, 0.2) is 36.7 Å². The third kappa shape index (κ3) is 2.40. The van der Waals surface area contributed by atoms with Crippen molar-refractivity contribution in [3.05, 3.63) is 42.5 Å². The van der Waals surface area contributed by atoms with Crippen molar-refractivity contribution < 1.29 is 13.9 Å². The molecule has 2 heterocycles. The fourth-order valence-corrected chi connectivity index (χ4v) is 2.01. The Bertz CT molecular complexity index is 587. The second-order valence-electron chi connectivity index (χ2n) is 4.22. The minimum atomic E-state index is -0.476. The van der Waals surface area contributed by atoms with E-state index in [1.54, 1.807) is 29.2 Å². The van der Waals surface area contributed by atoms with Crippen LogP contribution in [0.2, 0.25) is 0 Å². The van der Waals surface area contributed by atoms with Crippen molar-refractivity contribution in [2.75, 3.05) is 11.4 Å². The van der Waals surface area contributed by atoms with Gasteiger partial charge in [0.2, 0.25) is 0 Å². The second kappa shape index (κ2) is 4.68. The van der Waals surface area contributed by atoms with Gasteiger partial charge in [0.1, 0.15) is 11.9 Å². The Morgan fingerprint density at radius 2 is 2.37 bits per heavy atom. The summed E-state index contributed by atoms with van der Waals surface area (Å²) in [6, 6.07) is 5.86. The fourth-order valence-electron chi connectivity index (χ4n) is 2.01. The predicted molar refractivity (Wildman–Crippen MR) is 64.0 cm³/mol. The monoisotopic (exact) mass is 262 g/mol. The standard InChI is InChI=1S/C12H11FN4O2/c13-9-2-1-3-10(6-9)17-8-11(19-12(17)18)7-16-5-4-14-15-16/h1-6,11H,7-8H2/t11-/m0/s1. The molecule has 1 amide bonds. The van der Waals surface area contributed by atoms with E-state index in [0.717, 1.165) is 0 Å². The third-order valence-corrected chi connectivity index (χ3v) is 2.86. The van der Waals surface area contributed by atoms with Crippen LogP contribution in [0.4, 0.5) is 14.9 Å². The van der Waals surface area contributed by atoms with E-state index in [0.29, 0.717) is 18.8 Å². The van der Waals surface area contributed by atoms with Gasteiger partial charge in [-0.3, -0.25) is 4.90 Å². The molecule has 0 bridgehead atoms. The summed E-state index contributed by atoms with van der Waals surface area (Å²) in [5.74, 6) is -0.384. The smallest absolute Gasteiger partial charge is 0.414 e. The van der Waals surface area contributed by atoms with Crippen LogP contribution in [0.5, 0.6) is 0 Å². The number of nitrogens with zero attached hydrogens (tertiary/aromatic N) is 4. The van der Waals surface area contributed by atoms with Crippen LogP contribution in [0.3, 0.4) is 0 Å². The molecule has 2 aromatic rings. The van der Waals surface area contributed by atoms with Crippen LogP contribution in [0.25, 0.3) is 0 Å². The van der Waals surface area contributed by atoms with Gasteiger partial charge in [0.25, 0.3) is 0 Å². The number of ether oxygens (including phenoxy) is 1. The van der Waals surface area contributed by atoms with Gasteiger partial charge in [-0.15, -0.1) is 5.10 Å². The minimum Gasteiger partial charge on any atom is -0.442 e. The zero-order valence-corrected chi connectivity index (χ0v) is 9.94. The van der Waals surface area contributed by atoms with E-state index >= 15 is 0 Å². The second-order valence-corrected chi connectivity index (χ2v) is 4.22. The van der Waals surface area contributed by atoms with Crippen molar-refractivity contribution in [2.45, 2.75) is 12.6 Å². The number of anilines is 1. The zero-order chi connectivity index (χ0) is 13.2. The summed E-state index contributed by atoms with van der Waals surface area (Å²) in [6.07, 6.45) is 2.45. The summed E-state index contributed by atoms with van der Waals surface area (Å²) in [5, 5.41) is 7.49. The van der Waals surface area contributed by atoms with Crippen molar-refractivity contribution in [2.24, 2.45) is 0 Å². The summed E-state index contributed by atoms with van der Waals surface area (Å²) in [4.78, 5) is 13.2. The maximum atomic E-state index is 13.1. The number of amides is 1. The lowest BCUT2D eigenvalue weighted by Crippen LogP contribution is -2.26. The van der Waals surface area contributed by atoms with Crippen LogP contribution >= 0.6 is 0 Å². The number of halogens is 1. The molecule has 0 spiro atoms. The molecular weight excluding hydrogens is 251 g/mol. The molecular formula is C12H11FN4O2. The van der Waals surface area contributed by atoms with Gasteiger partial charge in [-0.1, -0.05) is 11.3 Å². The normalized spacial score (nSPS) is 18.7. The molecule has 7 heteroatoms. The molecule has 0 saturated carbocycles. The molecule has 1 aliphatic rings. The van der Waals surface area contributed by atoms with E-state index in [2.05, 4.69) is 10.3 Å². The maximum absolute atomic E-state index is 13.1. The molecule has 19 heavy (non-hydrogen) atoms. The summed E-state index contributed by atoms with van der Waals surface area (Å²) >= 11 is 0. The van der Waals surface area contributed by atoms with Gasteiger partial charge in [-0.25, -0.2) is 13.9 Å². The maximum Gasteiger partial charge on any atom is 0.414 e. The molecule has 1 aliphatic heterocycles. The van der Waals surface area contributed by atoms with E-state index < -0.39 is 6.09 Å². The summed E-state index contributed by atoms with van der Waals surface area (Å²) < 4.78 is 20.0. The van der Waals surface area contributed by atoms with Crippen LogP contribution in [0, 0.1) is 5.82 Å². The molecule has 3 rings (SSSR count). The molecule has 1 atom stereocenters. The number of hydrogen-bond acceptors (Lipinski definition) is 4. The minimum absolute atomic E-state index is 0.322. The highest BCUT2D eigenvalue weighted by Crippen LogP contribution is 2.22. The van der Waals surface area contributed by atoms with Gasteiger partial charge in [-0.05, 0) is 18.2 Å². The zero-order valence-electron chi connectivity index (χ0n) is 9.94. The Labute approximate surface area is 108 Å². The van der Waals surface area contributed by atoms with Crippen molar-refractivity contribution >= 4 is 11.8 Å². The molecule has 1 aromatic heterocycles. The summed E-state index contributed by atoms with van der Waals surface area (Å²) in [5.41, 5.74) is 0.492. The SMILES string of the molecule is O=C1O[C@@H](Cn2ccnn2)CN1c1cccc(F)c1. The Morgan fingerprint density at radius 1 is 1.47 bits per heavy atom. The first kappa shape index (κ1) is 11.6. The molecule has 1 saturated heterocycles. The van der Waals surface area contributed by atoms with Crippen molar-refractivity contribution in [1.29, 1.82) is 0 Å². The van der Waals surface area contributed by atoms with Crippen LogP contribution in [0.1, 0.15) is 0 Å². The van der Waals surface area contributed by atoms with Crippen LogP contribution in [-0.2, 0) is 11.3 Å². The lowest BCUT2D eigenvalue weighted by Gasteiger charge is -2.12. The van der Waals surface area contributed by atoms with Gasteiger partial charge in [-0.2, -0.15) is 0 Å². The van der Waals surface area contributed by atoms with E-state index in [9.17, 15) is 9.18 Å². The van der Waals surface area contributed by atoms with Crippen LogP contribution in [-0.4, -0.2) is 33.7 Å². The van der Waals surface area contributed by atoms with Gasteiger partial charge >= 0.3 is 6.09 Å². The van der Waals surface area contributed by atoms with E-state index in [-0.39, 0.29) is 11.9 Å². The number of cyclic esters (lactones) is 1. The lowest BCUT2D eigenvalue weighted by atomic mass is 10.2. The molecule has 0 N–H and O–H groups in total. The molecule has 0 aliphatic carbocycles. The summed E-state index contributed by atoms with van der Waals surface area (Å²) in [7, 11) is 0. The van der Waals surface area contributed by atoms with Crippen LogP contribution < -0.4 is 4.90 Å². The van der Waals surface area contributed by atoms with Crippen molar-refractivity contribution in [3.63, 3.8) is 0 Å². The third-order valence-electron chi connectivity index (χ3n) is 2.86. The Hall–Kier alpha value is -2.44. The molecule has 98 valence electrons. The number of carbonyl (C=O) groups is 1. The van der Waals surface area contributed by atoms with Gasteiger partial charge in [0.05, 0.1) is 25.0 Å². The largest absolute Gasteiger partial charge is 0.442 e. The Morgan fingerprint density at radius 3 is 3.11 bits per heavy atom. The van der Waals surface area contributed by atoms with E-state index in [4.69, 9.17) is 4.74 Å². The molecule has 0 radical (unpaired) electrons. The highest BCUT2D eigenvalue weighted by Gasteiger charge is 2.32. The first-order valence-electron chi connectivity index (χ1n) is 5.80. The average Bonchev–Trinajstić information content (AvgIpc) is 3.00. The number of carbonyl (C=O) groups excluding carboxylic acids is 1. The van der Waals surface area contributed by atoms with Crippen molar-refractivity contribution in [1.82, 2.24) is 15.0 Å². The predicted octanol–water partition coefficient (Wildman–Crippen LogP) is 1.44. The number of rotatable bonds is 3. The first-order chi connectivity index (χ1) is 9.22. The Kier molecular flexibility index (Phi) is 2.86. The van der Waals surface area contributed by atoms with Gasteiger partial charge in [0, 0.05) is 6.20 Å². The topological polar surface area (TPSA) is 60.3 Å².